The second-order valence-electron chi connectivity index (χ2n) is 4.29. The summed E-state index contributed by atoms with van der Waals surface area (Å²) in [5.74, 6) is 6.44. The Morgan fingerprint density at radius 3 is 2.94 bits per heavy atom. The van der Waals surface area contributed by atoms with Crippen LogP contribution in [0.2, 0.25) is 0 Å². The van der Waals surface area contributed by atoms with Gasteiger partial charge in [-0.2, -0.15) is 0 Å². The average Bonchev–Trinajstić information content (AvgIpc) is 2.41. The van der Waals surface area contributed by atoms with Crippen LogP contribution in [0.4, 0.5) is 0 Å². The molecule has 1 aromatic rings. The van der Waals surface area contributed by atoms with Crippen molar-refractivity contribution in [2.45, 2.75) is 39.0 Å². The predicted octanol–water partition coefficient (Wildman–Crippen LogP) is 2.69. The Labute approximate surface area is 110 Å². The zero-order valence-electron chi connectivity index (χ0n) is 11.0. The van der Waals surface area contributed by atoms with E-state index in [1.54, 1.807) is 0 Å². The van der Waals surface area contributed by atoms with Crippen molar-refractivity contribution in [1.29, 1.82) is 0 Å². The van der Waals surface area contributed by atoms with E-state index >= 15 is 0 Å². The summed E-state index contributed by atoms with van der Waals surface area (Å²) in [7, 11) is 0. The van der Waals surface area contributed by atoms with E-state index in [9.17, 15) is 4.79 Å². The topological polar surface area (TPSA) is 43.1 Å². The van der Waals surface area contributed by atoms with Crippen LogP contribution in [0.25, 0.3) is 0 Å². The number of carbonyl (C=O) groups excluding carboxylic acids is 1. The fourth-order valence-electron chi connectivity index (χ4n) is 1.65. The number of rotatable bonds is 6. The number of benzene rings is 1. The van der Waals surface area contributed by atoms with Gasteiger partial charge in [-0.05, 0) is 37.1 Å². The third kappa shape index (κ3) is 5.65. The van der Waals surface area contributed by atoms with E-state index in [1.807, 2.05) is 19.1 Å². The van der Waals surface area contributed by atoms with E-state index in [0.717, 1.165) is 24.9 Å². The summed E-state index contributed by atoms with van der Waals surface area (Å²) < 4.78 is 0. The van der Waals surface area contributed by atoms with Gasteiger partial charge in [0.25, 0.3) is 0 Å². The van der Waals surface area contributed by atoms with Gasteiger partial charge in [0.05, 0.1) is 0 Å². The van der Waals surface area contributed by atoms with E-state index in [1.165, 1.54) is 5.56 Å². The highest BCUT2D eigenvalue weighted by atomic mass is 16.1. The quantitative estimate of drug-likeness (QED) is 0.781. The molecular formula is C16H21NO. The maximum absolute atomic E-state index is 11.1. The van der Waals surface area contributed by atoms with Gasteiger partial charge in [0.1, 0.15) is 5.78 Å². The number of hydrogen-bond donors (Lipinski definition) is 1. The molecule has 96 valence electrons. The van der Waals surface area contributed by atoms with Gasteiger partial charge in [-0.15, -0.1) is 0 Å². The molecule has 0 aliphatic rings. The Morgan fingerprint density at radius 1 is 1.39 bits per heavy atom. The van der Waals surface area contributed by atoms with Gasteiger partial charge >= 0.3 is 0 Å². The van der Waals surface area contributed by atoms with Gasteiger partial charge in [0.2, 0.25) is 0 Å². The predicted molar refractivity (Wildman–Crippen MR) is 75.2 cm³/mol. The molecule has 0 fully saturated rings. The fraction of sp³-hybridized carbons (Fsp3) is 0.438. The van der Waals surface area contributed by atoms with Crippen LogP contribution in [0.3, 0.4) is 0 Å². The molecule has 18 heavy (non-hydrogen) atoms. The smallest absolute Gasteiger partial charge is 0.133 e. The minimum Gasteiger partial charge on any atom is -0.330 e. The van der Waals surface area contributed by atoms with Crippen LogP contribution in [0.1, 0.15) is 43.7 Å². The lowest BCUT2D eigenvalue weighted by Gasteiger charge is -1.99. The first-order valence-electron chi connectivity index (χ1n) is 6.56. The van der Waals surface area contributed by atoms with Crippen molar-refractivity contribution in [3.63, 3.8) is 0 Å². The number of ketones is 1. The number of carbonyl (C=O) groups is 1. The Hall–Kier alpha value is -1.59. The molecule has 0 aliphatic heterocycles. The minimum absolute atomic E-state index is 0.279. The summed E-state index contributed by atoms with van der Waals surface area (Å²) in [6.07, 6.45) is 3.83. The Kier molecular flexibility index (Phi) is 6.83. The standard InChI is InChI=1S/C16H21NO/c1-2-16(18)11-4-3-7-14-8-5-9-15(13-14)10-6-12-17/h5,8-9,13H,2,4,6,10-12,17H2,1H3. The number of nitrogens with two attached hydrogens (primary N) is 1. The van der Waals surface area contributed by atoms with Gasteiger partial charge < -0.3 is 5.73 Å². The monoisotopic (exact) mass is 243 g/mol. The highest BCUT2D eigenvalue weighted by Crippen LogP contribution is 2.06. The summed E-state index contributed by atoms with van der Waals surface area (Å²) >= 11 is 0. The average molecular weight is 243 g/mol. The second-order valence-corrected chi connectivity index (χ2v) is 4.29. The Morgan fingerprint density at radius 2 is 2.22 bits per heavy atom. The SMILES string of the molecule is CCC(=O)CCC#Cc1cccc(CCCN)c1. The van der Waals surface area contributed by atoms with Crippen molar-refractivity contribution < 1.29 is 4.79 Å². The van der Waals surface area contributed by atoms with Crippen LogP contribution in [0.5, 0.6) is 0 Å². The molecule has 0 atom stereocenters. The zero-order valence-corrected chi connectivity index (χ0v) is 11.0. The highest BCUT2D eigenvalue weighted by Gasteiger charge is 1.95. The second kappa shape index (κ2) is 8.49. The van der Waals surface area contributed by atoms with Crippen LogP contribution < -0.4 is 5.73 Å². The third-order valence-electron chi connectivity index (χ3n) is 2.75. The van der Waals surface area contributed by atoms with Gasteiger partial charge in [0, 0.05) is 24.8 Å². The molecule has 0 spiro atoms. The first kappa shape index (κ1) is 14.5. The lowest BCUT2D eigenvalue weighted by atomic mass is 10.1. The zero-order chi connectivity index (χ0) is 13.2. The molecule has 2 nitrogen and oxygen atoms in total. The summed E-state index contributed by atoms with van der Waals surface area (Å²) in [5, 5.41) is 0. The van der Waals surface area contributed by atoms with E-state index < -0.39 is 0 Å². The summed E-state index contributed by atoms with van der Waals surface area (Å²) in [5.41, 5.74) is 7.79. The Bertz CT molecular complexity index is 440. The van der Waals surface area contributed by atoms with Crippen LogP contribution >= 0.6 is 0 Å². The van der Waals surface area contributed by atoms with Gasteiger partial charge in [-0.25, -0.2) is 0 Å². The fourth-order valence-corrected chi connectivity index (χ4v) is 1.65. The van der Waals surface area contributed by atoms with Crippen LogP contribution in [-0.2, 0) is 11.2 Å². The summed E-state index contributed by atoms with van der Waals surface area (Å²) in [6.45, 7) is 2.60. The Balaban J connectivity index is 2.51. The van der Waals surface area contributed by atoms with E-state index in [-0.39, 0.29) is 5.78 Å². The molecule has 0 heterocycles. The molecule has 1 rings (SSSR count). The van der Waals surface area contributed by atoms with Crippen molar-refractivity contribution in [2.24, 2.45) is 5.73 Å². The number of Topliss-reactive ketones (excluding diaryl/α,β-unsaturated/α-hetero) is 1. The van der Waals surface area contributed by atoms with Crippen molar-refractivity contribution >= 4 is 5.78 Å². The minimum atomic E-state index is 0.279. The molecule has 1 aromatic carbocycles. The van der Waals surface area contributed by atoms with Crippen molar-refractivity contribution in [1.82, 2.24) is 0 Å². The molecule has 2 N–H and O–H groups in total. The van der Waals surface area contributed by atoms with Gasteiger partial charge in [-0.3, -0.25) is 4.79 Å². The van der Waals surface area contributed by atoms with E-state index in [0.29, 0.717) is 19.3 Å². The van der Waals surface area contributed by atoms with Gasteiger partial charge in [-0.1, -0.05) is 30.9 Å². The van der Waals surface area contributed by atoms with Crippen molar-refractivity contribution in [2.75, 3.05) is 6.54 Å². The third-order valence-corrected chi connectivity index (χ3v) is 2.75. The molecule has 0 saturated heterocycles. The number of aryl methyl sites for hydroxylation is 1. The van der Waals surface area contributed by atoms with Crippen molar-refractivity contribution in [3.8, 4) is 11.8 Å². The summed E-state index contributed by atoms with van der Waals surface area (Å²) in [4.78, 5) is 11.1. The van der Waals surface area contributed by atoms with Crippen LogP contribution in [0, 0.1) is 11.8 Å². The number of hydrogen-bond acceptors (Lipinski definition) is 2. The van der Waals surface area contributed by atoms with Crippen LogP contribution in [0.15, 0.2) is 24.3 Å². The molecule has 0 bridgehead atoms. The van der Waals surface area contributed by atoms with Crippen LogP contribution in [-0.4, -0.2) is 12.3 Å². The molecule has 0 radical (unpaired) electrons. The summed E-state index contributed by atoms with van der Waals surface area (Å²) in [6, 6.07) is 8.22. The molecular weight excluding hydrogens is 222 g/mol. The largest absolute Gasteiger partial charge is 0.330 e. The normalized spacial score (nSPS) is 9.67. The van der Waals surface area contributed by atoms with Gasteiger partial charge in [0.15, 0.2) is 0 Å². The molecule has 0 aliphatic carbocycles. The molecule has 0 amide bonds. The van der Waals surface area contributed by atoms with E-state index in [2.05, 4.69) is 24.0 Å². The molecule has 0 unspecified atom stereocenters. The highest BCUT2D eigenvalue weighted by molar-refractivity contribution is 5.78. The van der Waals surface area contributed by atoms with E-state index in [4.69, 9.17) is 5.73 Å². The first-order valence-corrected chi connectivity index (χ1v) is 6.56. The maximum atomic E-state index is 11.1. The lowest BCUT2D eigenvalue weighted by Crippen LogP contribution is -2.00. The molecule has 2 heteroatoms. The molecule has 0 aromatic heterocycles. The lowest BCUT2D eigenvalue weighted by molar-refractivity contribution is -0.118. The molecule has 0 saturated carbocycles. The maximum Gasteiger partial charge on any atom is 0.133 e. The first-order chi connectivity index (χ1) is 8.76. The van der Waals surface area contributed by atoms with Crippen molar-refractivity contribution in [3.05, 3.63) is 35.4 Å².